The first-order valence-electron chi connectivity index (χ1n) is 10.5. The van der Waals surface area contributed by atoms with Crippen molar-refractivity contribution < 1.29 is 9.53 Å². The SMILES string of the molecule is Cc1nn(Cc2ccccc2Cl)c(C)c1C(=O)Nc1ccc(CN2CCOCC2)cc1. The van der Waals surface area contributed by atoms with Gasteiger partial charge in [0.2, 0.25) is 0 Å². The molecule has 2 aromatic carbocycles. The van der Waals surface area contributed by atoms with Gasteiger partial charge in [-0.15, -0.1) is 0 Å². The summed E-state index contributed by atoms with van der Waals surface area (Å²) in [6.07, 6.45) is 0. The Balaban J connectivity index is 1.43. The number of amides is 1. The van der Waals surface area contributed by atoms with Crippen LogP contribution < -0.4 is 5.32 Å². The van der Waals surface area contributed by atoms with Crippen LogP contribution in [0.5, 0.6) is 0 Å². The Labute approximate surface area is 187 Å². The van der Waals surface area contributed by atoms with Gasteiger partial charge in [0.15, 0.2) is 0 Å². The first-order valence-corrected chi connectivity index (χ1v) is 10.9. The van der Waals surface area contributed by atoms with Crippen LogP contribution in [0.25, 0.3) is 0 Å². The predicted octanol–water partition coefficient (Wildman–Crippen LogP) is 4.29. The number of anilines is 1. The largest absolute Gasteiger partial charge is 0.379 e. The van der Waals surface area contributed by atoms with Crippen molar-refractivity contribution in [3.8, 4) is 0 Å². The van der Waals surface area contributed by atoms with E-state index < -0.39 is 0 Å². The van der Waals surface area contributed by atoms with Gasteiger partial charge in [0.25, 0.3) is 5.91 Å². The highest BCUT2D eigenvalue weighted by Gasteiger charge is 2.19. The van der Waals surface area contributed by atoms with E-state index in [1.807, 2.05) is 54.9 Å². The lowest BCUT2D eigenvalue weighted by atomic mass is 10.1. The Morgan fingerprint density at radius 3 is 2.48 bits per heavy atom. The number of aryl methyl sites for hydroxylation is 1. The van der Waals surface area contributed by atoms with Gasteiger partial charge in [0.05, 0.1) is 31.0 Å². The van der Waals surface area contributed by atoms with E-state index >= 15 is 0 Å². The molecule has 0 bridgehead atoms. The van der Waals surface area contributed by atoms with Gasteiger partial charge in [-0.05, 0) is 43.2 Å². The Morgan fingerprint density at radius 2 is 1.77 bits per heavy atom. The van der Waals surface area contributed by atoms with Crippen molar-refractivity contribution >= 4 is 23.2 Å². The zero-order chi connectivity index (χ0) is 21.8. The number of nitrogens with one attached hydrogen (secondary N) is 1. The van der Waals surface area contributed by atoms with Gasteiger partial charge in [-0.1, -0.05) is 41.9 Å². The van der Waals surface area contributed by atoms with E-state index in [9.17, 15) is 4.79 Å². The van der Waals surface area contributed by atoms with Crippen molar-refractivity contribution in [3.05, 3.63) is 81.6 Å². The Bertz CT molecular complexity index is 1060. The summed E-state index contributed by atoms with van der Waals surface area (Å²) in [5.41, 5.74) is 5.08. The van der Waals surface area contributed by atoms with Gasteiger partial charge in [-0.3, -0.25) is 14.4 Å². The highest BCUT2D eigenvalue weighted by Crippen LogP contribution is 2.21. The maximum atomic E-state index is 13.0. The molecule has 162 valence electrons. The molecule has 3 aromatic rings. The molecule has 1 aliphatic heterocycles. The minimum atomic E-state index is -0.152. The van der Waals surface area contributed by atoms with E-state index in [0.717, 1.165) is 49.8 Å². The van der Waals surface area contributed by atoms with Crippen LogP contribution in [0.1, 0.15) is 32.9 Å². The third-order valence-corrected chi connectivity index (χ3v) is 5.98. The molecule has 6 nitrogen and oxygen atoms in total. The fourth-order valence-electron chi connectivity index (χ4n) is 3.87. The van der Waals surface area contributed by atoms with Crippen LogP contribution in [0.3, 0.4) is 0 Å². The molecule has 0 aliphatic carbocycles. The fraction of sp³-hybridized carbons (Fsp3) is 0.333. The molecule has 7 heteroatoms. The molecule has 1 aromatic heterocycles. The first-order chi connectivity index (χ1) is 15.0. The molecular weight excluding hydrogens is 412 g/mol. The zero-order valence-corrected chi connectivity index (χ0v) is 18.7. The topological polar surface area (TPSA) is 59.4 Å². The van der Waals surface area contributed by atoms with Crippen molar-refractivity contribution in [2.75, 3.05) is 31.6 Å². The van der Waals surface area contributed by atoms with Crippen LogP contribution in [-0.4, -0.2) is 46.9 Å². The predicted molar refractivity (Wildman–Crippen MR) is 123 cm³/mol. The number of halogens is 1. The van der Waals surface area contributed by atoms with Crippen molar-refractivity contribution in [3.63, 3.8) is 0 Å². The number of nitrogens with zero attached hydrogens (tertiary/aromatic N) is 3. The van der Waals surface area contributed by atoms with Gasteiger partial charge in [-0.25, -0.2) is 0 Å². The number of benzene rings is 2. The lowest BCUT2D eigenvalue weighted by Gasteiger charge is -2.26. The Hall–Kier alpha value is -2.67. The van der Waals surface area contributed by atoms with Crippen molar-refractivity contribution in [1.29, 1.82) is 0 Å². The van der Waals surface area contributed by atoms with Gasteiger partial charge >= 0.3 is 0 Å². The van der Waals surface area contributed by atoms with E-state index in [1.54, 1.807) is 0 Å². The molecule has 1 aliphatic rings. The standard InChI is InChI=1S/C24H27ClN4O2/c1-17-23(18(2)29(27-17)16-20-5-3-4-6-22(20)25)24(30)26-21-9-7-19(8-10-21)15-28-11-13-31-14-12-28/h3-10H,11-16H2,1-2H3,(H,26,30). The van der Waals surface area contributed by atoms with E-state index in [0.29, 0.717) is 22.8 Å². The average Bonchev–Trinajstić information content (AvgIpc) is 3.05. The minimum Gasteiger partial charge on any atom is -0.379 e. The minimum absolute atomic E-state index is 0.152. The lowest BCUT2D eigenvalue weighted by Crippen LogP contribution is -2.35. The highest BCUT2D eigenvalue weighted by atomic mass is 35.5. The quantitative estimate of drug-likeness (QED) is 0.623. The molecule has 1 amide bonds. The van der Waals surface area contributed by atoms with Gasteiger partial charge in [-0.2, -0.15) is 5.10 Å². The number of hydrogen-bond donors (Lipinski definition) is 1. The molecule has 1 N–H and O–H groups in total. The number of aromatic nitrogens is 2. The Morgan fingerprint density at radius 1 is 1.06 bits per heavy atom. The second-order valence-electron chi connectivity index (χ2n) is 7.83. The molecule has 0 spiro atoms. The summed E-state index contributed by atoms with van der Waals surface area (Å²) in [7, 11) is 0. The van der Waals surface area contributed by atoms with Crippen molar-refractivity contribution in [2.45, 2.75) is 26.9 Å². The smallest absolute Gasteiger partial charge is 0.259 e. The van der Waals surface area contributed by atoms with Gasteiger partial charge in [0.1, 0.15) is 0 Å². The summed E-state index contributed by atoms with van der Waals surface area (Å²) >= 11 is 6.29. The van der Waals surface area contributed by atoms with Crippen LogP contribution >= 0.6 is 11.6 Å². The monoisotopic (exact) mass is 438 g/mol. The number of morpholine rings is 1. The number of carbonyl (C=O) groups is 1. The molecular formula is C24H27ClN4O2. The number of ether oxygens (including phenoxy) is 1. The molecule has 4 rings (SSSR count). The lowest BCUT2D eigenvalue weighted by molar-refractivity contribution is 0.0342. The third-order valence-electron chi connectivity index (χ3n) is 5.61. The second kappa shape index (κ2) is 9.64. The molecule has 1 fully saturated rings. The third kappa shape index (κ3) is 5.15. The van der Waals surface area contributed by atoms with Crippen molar-refractivity contribution in [1.82, 2.24) is 14.7 Å². The maximum Gasteiger partial charge on any atom is 0.259 e. The molecule has 0 radical (unpaired) electrons. The fourth-order valence-corrected chi connectivity index (χ4v) is 4.07. The number of carbonyl (C=O) groups excluding carboxylic acids is 1. The van der Waals surface area contributed by atoms with E-state index in [-0.39, 0.29) is 5.91 Å². The zero-order valence-electron chi connectivity index (χ0n) is 17.9. The van der Waals surface area contributed by atoms with E-state index in [1.165, 1.54) is 5.56 Å². The normalized spacial score (nSPS) is 14.5. The molecule has 2 heterocycles. The summed E-state index contributed by atoms with van der Waals surface area (Å²) in [5, 5.41) is 8.27. The van der Waals surface area contributed by atoms with Crippen LogP contribution in [0.2, 0.25) is 5.02 Å². The summed E-state index contributed by atoms with van der Waals surface area (Å²) in [6.45, 7) is 8.67. The molecule has 1 saturated heterocycles. The molecule has 0 unspecified atom stereocenters. The van der Waals surface area contributed by atoms with Gasteiger partial charge in [0, 0.05) is 36.0 Å². The second-order valence-corrected chi connectivity index (χ2v) is 8.24. The number of rotatable bonds is 6. The molecule has 0 atom stereocenters. The molecule has 31 heavy (non-hydrogen) atoms. The maximum absolute atomic E-state index is 13.0. The van der Waals surface area contributed by atoms with E-state index in [4.69, 9.17) is 16.3 Å². The van der Waals surface area contributed by atoms with Crippen molar-refractivity contribution in [2.24, 2.45) is 0 Å². The summed E-state index contributed by atoms with van der Waals surface area (Å²) in [4.78, 5) is 15.3. The van der Waals surface area contributed by atoms with Crippen LogP contribution in [-0.2, 0) is 17.8 Å². The van der Waals surface area contributed by atoms with Crippen LogP contribution in [0, 0.1) is 13.8 Å². The van der Waals surface area contributed by atoms with Gasteiger partial charge < -0.3 is 10.1 Å². The summed E-state index contributed by atoms with van der Waals surface area (Å²) in [6, 6.07) is 15.7. The Kier molecular flexibility index (Phi) is 6.70. The average molecular weight is 439 g/mol. The summed E-state index contributed by atoms with van der Waals surface area (Å²) < 4.78 is 7.23. The summed E-state index contributed by atoms with van der Waals surface area (Å²) in [5.74, 6) is -0.152. The van der Waals surface area contributed by atoms with Crippen LogP contribution in [0.4, 0.5) is 5.69 Å². The molecule has 0 saturated carbocycles. The highest BCUT2D eigenvalue weighted by molar-refractivity contribution is 6.31. The first kappa shape index (κ1) is 21.6. The van der Waals surface area contributed by atoms with E-state index in [2.05, 4.69) is 27.4 Å². The number of hydrogen-bond acceptors (Lipinski definition) is 4. The van der Waals surface area contributed by atoms with Crippen LogP contribution in [0.15, 0.2) is 48.5 Å².